The van der Waals surface area contributed by atoms with Crippen molar-refractivity contribution in [2.45, 2.75) is 6.92 Å². The maximum atomic E-state index is 12.1. The van der Waals surface area contributed by atoms with Gasteiger partial charge in [0.15, 0.2) is 0 Å². The van der Waals surface area contributed by atoms with Gasteiger partial charge >= 0.3 is 5.97 Å². The normalized spacial score (nSPS) is 11.0. The molecule has 0 aliphatic rings. The maximum absolute atomic E-state index is 12.1. The van der Waals surface area contributed by atoms with E-state index < -0.39 is 28.5 Å². The average Bonchev–Trinajstić information content (AvgIpc) is 2.38. The molecule has 0 bridgehead atoms. The molecule has 9 heteroatoms. The number of carbonyl (C=O) groups is 2. The fourth-order valence-corrected chi connectivity index (χ4v) is 2.20. The van der Waals surface area contributed by atoms with Gasteiger partial charge in [0, 0.05) is 6.54 Å². The van der Waals surface area contributed by atoms with Crippen molar-refractivity contribution in [1.82, 2.24) is 5.32 Å². The number of benzene rings is 1. The predicted octanol–water partition coefficient (Wildman–Crippen LogP) is 0.198. The van der Waals surface area contributed by atoms with E-state index in [9.17, 15) is 18.0 Å². The Labute approximate surface area is 128 Å². The molecule has 0 atom stereocenters. The van der Waals surface area contributed by atoms with E-state index in [1.165, 1.54) is 6.07 Å². The summed E-state index contributed by atoms with van der Waals surface area (Å²) < 4.78 is 29.7. The second-order valence-electron chi connectivity index (χ2n) is 4.63. The highest BCUT2D eigenvalue weighted by Crippen LogP contribution is 2.18. The van der Waals surface area contributed by atoms with Crippen molar-refractivity contribution in [3.05, 3.63) is 29.3 Å². The van der Waals surface area contributed by atoms with Gasteiger partial charge in [0.2, 0.25) is 10.0 Å². The van der Waals surface area contributed by atoms with E-state index in [4.69, 9.17) is 9.84 Å². The van der Waals surface area contributed by atoms with E-state index in [1.807, 2.05) is 0 Å². The van der Waals surface area contributed by atoms with Crippen molar-refractivity contribution in [2.75, 3.05) is 30.7 Å². The van der Waals surface area contributed by atoms with Crippen LogP contribution in [-0.2, 0) is 19.6 Å². The molecule has 0 radical (unpaired) electrons. The Bertz CT molecular complexity index is 656. The number of carboxylic acids is 1. The summed E-state index contributed by atoms with van der Waals surface area (Å²) in [4.78, 5) is 22.3. The van der Waals surface area contributed by atoms with Crippen LogP contribution >= 0.6 is 0 Å². The average molecular weight is 330 g/mol. The van der Waals surface area contributed by atoms with Gasteiger partial charge < -0.3 is 15.2 Å². The zero-order valence-electron chi connectivity index (χ0n) is 12.3. The zero-order valence-corrected chi connectivity index (χ0v) is 13.1. The molecule has 0 aliphatic carbocycles. The highest BCUT2D eigenvalue weighted by Gasteiger charge is 2.14. The molecule has 122 valence electrons. The van der Waals surface area contributed by atoms with Crippen LogP contribution in [0.4, 0.5) is 5.69 Å². The molecule has 22 heavy (non-hydrogen) atoms. The van der Waals surface area contributed by atoms with E-state index in [0.29, 0.717) is 0 Å². The lowest BCUT2D eigenvalue weighted by atomic mass is 10.1. The molecule has 0 unspecified atom stereocenters. The Morgan fingerprint density at radius 3 is 2.59 bits per heavy atom. The smallest absolute Gasteiger partial charge is 0.329 e. The summed E-state index contributed by atoms with van der Waals surface area (Å²) in [6, 6.07) is 4.74. The van der Waals surface area contributed by atoms with Crippen LogP contribution in [0, 0.1) is 6.92 Å². The van der Waals surface area contributed by atoms with Crippen molar-refractivity contribution >= 4 is 27.6 Å². The van der Waals surface area contributed by atoms with E-state index >= 15 is 0 Å². The van der Waals surface area contributed by atoms with Crippen LogP contribution in [0.5, 0.6) is 0 Å². The van der Waals surface area contributed by atoms with Crippen molar-refractivity contribution in [1.29, 1.82) is 0 Å². The van der Waals surface area contributed by atoms with Gasteiger partial charge in [-0.15, -0.1) is 0 Å². The van der Waals surface area contributed by atoms with Crippen molar-refractivity contribution in [3.8, 4) is 0 Å². The van der Waals surface area contributed by atoms with Crippen molar-refractivity contribution in [2.24, 2.45) is 0 Å². The molecule has 1 amide bonds. The second-order valence-corrected chi connectivity index (χ2v) is 6.37. The molecule has 0 spiro atoms. The molecule has 8 nitrogen and oxygen atoms in total. The number of aliphatic carboxylic acids is 1. The summed E-state index contributed by atoms with van der Waals surface area (Å²) in [5, 5.41) is 10.9. The summed E-state index contributed by atoms with van der Waals surface area (Å²) in [5.74, 6) is -1.57. The second kappa shape index (κ2) is 7.76. The highest BCUT2D eigenvalue weighted by atomic mass is 32.2. The minimum absolute atomic E-state index is 0.0404. The number of sulfonamides is 1. The quantitative estimate of drug-likeness (QED) is 0.585. The van der Waals surface area contributed by atoms with Crippen LogP contribution in [0.2, 0.25) is 0 Å². The van der Waals surface area contributed by atoms with E-state index in [0.717, 1.165) is 11.8 Å². The third-order valence-corrected chi connectivity index (χ3v) is 3.06. The fraction of sp³-hybridized carbons (Fsp3) is 0.385. The van der Waals surface area contributed by atoms with Crippen LogP contribution in [0.1, 0.15) is 15.9 Å². The molecule has 0 heterocycles. The highest BCUT2D eigenvalue weighted by molar-refractivity contribution is 7.92. The molecule has 0 saturated heterocycles. The minimum atomic E-state index is -3.50. The van der Waals surface area contributed by atoms with Crippen LogP contribution in [0.15, 0.2) is 18.2 Å². The van der Waals surface area contributed by atoms with E-state index in [2.05, 4.69) is 10.0 Å². The van der Waals surface area contributed by atoms with Crippen molar-refractivity contribution < 1.29 is 27.9 Å². The summed E-state index contributed by atoms with van der Waals surface area (Å²) in [6.45, 7) is 1.48. The third-order valence-electron chi connectivity index (χ3n) is 2.47. The SMILES string of the molecule is Cc1ccc(NS(C)(=O)=O)c(C(=O)NCCOCC(=O)O)c1. The predicted molar refractivity (Wildman–Crippen MR) is 80.4 cm³/mol. The summed E-state index contributed by atoms with van der Waals surface area (Å²) >= 11 is 0. The Balaban J connectivity index is 2.71. The van der Waals surface area contributed by atoms with Crippen LogP contribution < -0.4 is 10.0 Å². The van der Waals surface area contributed by atoms with Crippen LogP contribution in [0.3, 0.4) is 0 Å². The van der Waals surface area contributed by atoms with Crippen molar-refractivity contribution in [3.63, 3.8) is 0 Å². The molecule has 0 fully saturated rings. The van der Waals surface area contributed by atoms with Gasteiger partial charge in [0.05, 0.1) is 24.1 Å². The Morgan fingerprint density at radius 2 is 2.00 bits per heavy atom. The number of amides is 1. The standard InChI is InChI=1S/C13H18N2O6S/c1-9-3-4-11(15-22(2,19)20)10(7-9)13(18)14-5-6-21-8-12(16)17/h3-4,7,15H,5-6,8H2,1-2H3,(H,14,18)(H,16,17). The Morgan fingerprint density at radius 1 is 1.32 bits per heavy atom. The molecule has 0 aromatic heterocycles. The first-order chi connectivity index (χ1) is 10.2. The lowest BCUT2D eigenvalue weighted by Crippen LogP contribution is -2.29. The Hall–Kier alpha value is -2.13. The topological polar surface area (TPSA) is 122 Å². The van der Waals surface area contributed by atoms with Gasteiger partial charge in [-0.05, 0) is 19.1 Å². The first kappa shape index (κ1) is 17.9. The van der Waals surface area contributed by atoms with Gasteiger partial charge in [-0.3, -0.25) is 9.52 Å². The third kappa shape index (κ3) is 6.55. The van der Waals surface area contributed by atoms with Gasteiger partial charge in [0.25, 0.3) is 5.91 Å². The van der Waals surface area contributed by atoms with Crippen LogP contribution in [-0.4, -0.2) is 51.4 Å². The lowest BCUT2D eigenvalue weighted by molar-refractivity contribution is -0.142. The first-order valence-corrected chi connectivity index (χ1v) is 8.24. The van der Waals surface area contributed by atoms with Gasteiger partial charge in [0.1, 0.15) is 6.61 Å². The monoisotopic (exact) mass is 330 g/mol. The summed E-state index contributed by atoms with van der Waals surface area (Å²) in [6.07, 6.45) is 0.994. The molecular formula is C13H18N2O6S. The Kier molecular flexibility index (Phi) is 6.32. The molecular weight excluding hydrogens is 312 g/mol. The minimum Gasteiger partial charge on any atom is -0.480 e. The first-order valence-electron chi connectivity index (χ1n) is 6.35. The number of carboxylic acid groups (broad SMARTS) is 1. The molecule has 1 aromatic carbocycles. The molecule has 0 saturated carbocycles. The maximum Gasteiger partial charge on any atom is 0.329 e. The number of hydrogen-bond donors (Lipinski definition) is 3. The molecule has 0 aliphatic heterocycles. The zero-order chi connectivity index (χ0) is 16.8. The molecule has 3 N–H and O–H groups in total. The van der Waals surface area contributed by atoms with E-state index in [-0.39, 0.29) is 24.4 Å². The number of ether oxygens (including phenoxy) is 1. The number of hydrogen-bond acceptors (Lipinski definition) is 5. The number of aryl methyl sites for hydroxylation is 1. The van der Waals surface area contributed by atoms with Gasteiger partial charge in [-0.1, -0.05) is 11.6 Å². The number of carbonyl (C=O) groups excluding carboxylic acids is 1. The number of anilines is 1. The largest absolute Gasteiger partial charge is 0.480 e. The number of nitrogens with one attached hydrogen (secondary N) is 2. The summed E-state index contributed by atoms with van der Waals surface area (Å²) in [5.41, 5.74) is 1.16. The summed E-state index contributed by atoms with van der Waals surface area (Å²) in [7, 11) is -3.50. The molecule has 1 rings (SSSR count). The van der Waals surface area contributed by atoms with E-state index in [1.54, 1.807) is 19.1 Å². The molecule has 1 aromatic rings. The number of rotatable bonds is 8. The fourth-order valence-electron chi connectivity index (χ4n) is 1.63. The van der Waals surface area contributed by atoms with Gasteiger partial charge in [-0.25, -0.2) is 13.2 Å². The van der Waals surface area contributed by atoms with Gasteiger partial charge in [-0.2, -0.15) is 0 Å². The lowest BCUT2D eigenvalue weighted by Gasteiger charge is -2.12. The van der Waals surface area contributed by atoms with Crippen LogP contribution in [0.25, 0.3) is 0 Å².